The van der Waals surface area contributed by atoms with Crippen LogP contribution in [0.4, 0.5) is 0 Å². The van der Waals surface area contributed by atoms with Crippen molar-refractivity contribution in [2.24, 2.45) is 5.73 Å². The molecule has 2 rings (SSSR count). The third-order valence-corrected chi connectivity index (χ3v) is 3.12. The van der Waals surface area contributed by atoms with E-state index in [1.807, 2.05) is 24.3 Å². The zero-order chi connectivity index (χ0) is 13.0. The molecule has 6 heteroatoms. The van der Waals surface area contributed by atoms with Crippen molar-refractivity contribution in [3.63, 3.8) is 0 Å². The van der Waals surface area contributed by atoms with Gasteiger partial charge in [0, 0.05) is 29.7 Å². The average Bonchev–Trinajstić information content (AvgIpc) is 2.79. The van der Waals surface area contributed by atoms with Crippen LogP contribution in [0.25, 0.3) is 11.3 Å². The van der Waals surface area contributed by atoms with Crippen LogP contribution in [0.15, 0.2) is 28.7 Å². The Bertz CT molecular complexity index is 527. The molecule has 96 valence electrons. The summed E-state index contributed by atoms with van der Waals surface area (Å²) < 4.78 is 2.79. The molecule has 0 aliphatic heterocycles. The molecule has 18 heavy (non-hydrogen) atoms. The van der Waals surface area contributed by atoms with Crippen LogP contribution >= 0.6 is 15.9 Å². The highest BCUT2D eigenvalue weighted by atomic mass is 79.9. The summed E-state index contributed by atoms with van der Waals surface area (Å²) in [7, 11) is 0. The van der Waals surface area contributed by atoms with E-state index in [-0.39, 0.29) is 6.61 Å². The Hall–Kier alpha value is -1.24. The maximum atomic E-state index is 8.90. The van der Waals surface area contributed by atoms with Gasteiger partial charge in [-0.1, -0.05) is 33.3 Å². The smallest absolute Gasteiger partial charge is 0.104 e. The lowest BCUT2D eigenvalue weighted by atomic mass is 10.1. The molecule has 0 saturated carbocycles. The van der Waals surface area contributed by atoms with Crippen LogP contribution in [0.1, 0.15) is 12.1 Å². The van der Waals surface area contributed by atoms with E-state index in [9.17, 15) is 0 Å². The molecule has 0 radical (unpaired) electrons. The number of benzene rings is 1. The first-order valence-corrected chi connectivity index (χ1v) is 6.54. The number of aliphatic hydroxyl groups is 1. The Labute approximate surface area is 114 Å². The van der Waals surface area contributed by atoms with Crippen LogP contribution in [-0.2, 0) is 13.1 Å². The fourth-order valence-corrected chi connectivity index (χ4v) is 2.21. The highest BCUT2D eigenvalue weighted by Gasteiger charge is 2.13. The number of aliphatic hydroxyl groups excluding tert-OH is 1. The SMILES string of the molecule is NCc1nnn(CCCO)c1-c1cccc(Br)c1. The van der Waals surface area contributed by atoms with E-state index in [0.717, 1.165) is 21.4 Å². The number of hydrogen-bond donors (Lipinski definition) is 2. The van der Waals surface area contributed by atoms with Gasteiger partial charge in [-0.15, -0.1) is 5.10 Å². The van der Waals surface area contributed by atoms with E-state index in [4.69, 9.17) is 10.8 Å². The van der Waals surface area contributed by atoms with Gasteiger partial charge in [0.15, 0.2) is 0 Å². The molecular weight excluding hydrogens is 296 g/mol. The molecule has 0 unspecified atom stereocenters. The highest BCUT2D eigenvalue weighted by molar-refractivity contribution is 9.10. The van der Waals surface area contributed by atoms with Crippen LogP contribution in [0.5, 0.6) is 0 Å². The van der Waals surface area contributed by atoms with Crippen molar-refractivity contribution in [1.29, 1.82) is 0 Å². The number of aryl methyl sites for hydroxylation is 1. The summed E-state index contributed by atoms with van der Waals surface area (Å²) in [5.74, 6) is 0. The van der Waals surface area contributed by atoms with E-state index in [1.165, 1.54) is 0 Å². The molecule has 0 amide bonds. The highest BCUT2D eigenvalue weighted by Crippen LogP contribution is 2.25. The third-order valence-electron chi connectivity index (χ3n) is 2.62. The molecule has 0 aliphatic carbocycles. The Kier molecular flexibility index (Phi) is 4.46. The Morgan fingerprint density at radius 3 is 2.89 bits per heavy atom. The summed E-state index contributed by atoms with van der Waals surface area (Å²) in [4.78, 5) is 0. The summed E-state index contributed by atoms with van der Waals surface area (Å²) in [6, 6.07) is 7.93. The number of nitrogens with zero attached hydrogens (tertiary/aromatic N) is 3. The Balaban J connectivity index is 2.43. The van der Waals surface area contributed by atoms with Gasteiger partial charge in [0.05, 0.1) is 5.69 Å². The van der Waals surface area contributed by atoms with Crippen molar-refractivity contribution in [3.8, 4) is 11.3 Å². The van der Waals surface area contributed by atoms with Gasteiger partial charge in [-0.3, -0.25) is 0 Å². The molecule has 5 nitrogen and oxygen atoms in total. The molecule has 0 aliphatic rings. The Morgan fingerprint density at radius 1 is 1.39 bits per heavy atom. The maximum Gasteiger partial charge on any atom is 0.104 e. The van der Waals surface area contributed by atoms with Crippen LogP contribution < -0.4 is 5.73 Å². The normalized spacial score (nSPS) is 10.8. The van der Waals surface area contributed by atoms with Gasteiger partial charge in [-0.2, -0.15) is 0 Å². The second kappa shape index (κ2) is 6.08. The first-order chi connectivity index (χ1) is 8.76. The molecular formula is C12H15BrN4O. The molecule has 0 fully saturated rings. The zero-order valence-corrected chi connectivity index (χ0v) is 11.5. The second-order valence-corrected chi connectivity index (χ2v) is 4.82. The summed E-state index contributed by atoms with van der Waals surface area (Å²) in [5.41, 5.74) is 8.41. The molecule has 0 bridgehead atoms. The summed E-state index contributed by atoms with van der Waals surface area (Å²) >= 11 is 3.45. The predicted molar refractivity (Wildman–Crippen MR) is 72.8 cm³/mol. The molecule has 0 spiro atoms. The van der Waals surface area contributed by atoms with E-state index in [0.29, 0.717) is 19.5 Å². The minimum atomic E-state index is 0.135. The summed E-state index contributed by atoms with van der Waals surface area (Å²) in [6.45, 7) is 1.11. The van der Waals surface area contributed by atoms with Crippen molar-refractivity contribution in [2.75, 3.05) is 6.61 Å². The van der Waals surface area contributed by atoms with E-state index in [1.54, 1.807) is 4.68 Å². The van der Waals surface area contributed by atoms with Crippen LogP contribution in [0.2, 0.25) is 0 Å². The molecule has 0 atom stereocenters. The minimum Gasteiger partial charge on any atom is -0.396 e. The number of nitrogens with two attached hydrogens (primary N) is 1. The summed E-state index contributed by atoms with van der Waals surface area (Å²) in [5, 5.41) is 17.1. The topological polar surface area (TPSA) is 77.0 Å². The van der Waals surface area contributed by atoms with E-state index in [2.05, 4.69) is 26.2 Å². The lowest BCUT2D eigenvalue weighted by molar-refractivity contribution is 0.276. The third kappa shape index (κ3) is 2.77. The van der Waals surface area contributed by atoms with Gasteiger partial charge < -0.3 is 10.8 Å². The standard InChI is InChI=1S/C12H15BrN4O/c13-10-4-1-3-9(7-10)12-11(8-14)15-16-17(12)5-2-6-18/h1,3-4,7,18H,2,5-6,8,14H2. The fourth-order valence-electron chi connectivity index (χ4n) is 1.81. The number of rotatable bonds is 5. The minimum absolute atomic E-state index is 0.135. The zero-order valence-electron chi connectivity index (χ0n) is 9.88. The molecule has 1 aromatic heterocycles. The molecule has 2 aromatic rings. The van der Waals surface area contributed by atoms with Crippen LogP contribution in [0, 0.1) is 0 Å². The summed E-state index contributed by atoms with van der Waals surface area (Å²) in [6.07, 6.45) is 0.647. The number of hydrogen-bond acceptors (Lipinski definition) is 4. The molecule has 1 aromatic carbocycles. The lowest BCUT2D eigenvalue weighted by Crippen LogP contribution is -2.06. The van der Waals surface area contributed by atoms with Crippen LogP contribution in [0.3, 0.4) is 0 Å². The van der Waals surface area contributed by atoms with Crippen molar-refractivity contribution >= 4 is 15.9 Å². The Morgan fingerprint density at radius 2 is 2.22 bits per heavy atom. The van der Waals surface area contributed by atoms with Crippen molar-refractivity contribution in [3.05, 3.63) is 34.4 Å². The molecule has 0 saturated heterocycles. The first-order valence-electron chi connectivity index (χ1n) is 5.75. The van der Waals surface area contributed by atoms with Crippen molar-refractivity contribution < 1.29 is 5.11 Å². The van der Waals surface area contributed by atoms with Crippen molar-refractivity contribution in [2.45, 2.75) is 19.5 Å². The number of aromatic nitrogens is 3. The average molecular weight is 311 g/mol. The second-order valence-electron chi connectivity index (χ2n) is 3.90. The monoisotopic (exact) mass is 310 g/mol. The lowest BCUT2D eigenvalue weighted by Gasteiger charge is -2.07. The fraction of sp³-hybridized carbons (Fsp3) is 0.333. The predicted octanol–water partition coefficient (Wildman–Crippen LogP) is 1.55. The van der Waals surface area contributed by atoms with Crippen molar-refractivity contribution in [1.82, 2.24) is 15.0 Å². The largest absolute Gasteiger partial charge is 0.396 e. The van der Waals surface area contributed by atoms with Crippen LogP contribution in [-0.4, -0.2) is 26.7 Å². The number of halogens is 1. The molecule has 3 N–H and O–H groups in total. The van der Waals surface area contributed by atoms with E-state index >= 15 is 0 Å². The van der Waals surface area contributed by atoms with E-state index < -0.39 is 0 Å². The van der Waals surface area contributed by atoms with Gasteiger partial charge in [-0.25, -0.2) is 4.68 Å². The van der Waals surface area contributed by atoms with Gasteiger partial charge in [0.2, 0.25) is 0 Å². The van der Waals surface area contributed by atoms with Gasteiger partial charge in [-0.05, 0) is 18.6 Å². The van der Waals surface area contributed by atoms with Gasteiger partial charge >= 0.3 is 0 Å². The first kappa shape index (κ1) is 13.2. The van der Waals surface area contributed by atoms with Gasteiger partial charge in [0.1, 0.15) is 5.69 Å². The molecule has 1 heterocycles. The van der Waals surface area contributed by atoms with Gasteiger partial charge in [0.25, 0.3) is 0 Å². The maximum absolute atomic E-state index is 8.90. The quantitative estimate of drug-likeness (QED) is 0.878.